The van der Waals surface area contributed by atoms with E-state index in [1.807, 2.05) is 0 Å². The Morgan fingerprint density at radius 2 is 1.73 bits per heavy atom. The molecule has 0 unspecified atom stereocenters. The van der Waals surface area contributed by atoms with Gasteiger partial charge in [0, 0.05) is 4.47 Å². The monoisotopic (exact) mass is 374 g/mol. The van der Waals surface area contributed by atoms with Crippen LogP contribution in [0.15, 0.2) is 27.9 Å². The van der Waals surface area contributed by atoms with E-state index in [1.165, 1.54) is 18.2 Å². The lowest BCUT2D eigenvalue weighted by molar-refractivity contribution is -0.275. The molecule has 0 atom stereocenters. The van der Waals surface area contributed by atoms with Crippen molar-refractivity contribution in [2.45, 2.75) is 6.36 Å². The second kappa shape index (κ2) is 6.79. The maximum Gasteiger partial charge on any atom is 0.573 e. The van der Waals surface area contributed by atoms with Gasteiger partial charge in [0.2, 0.25) is 0 Å². The lowest BCUT2D eigenvalue weighted by atomic mass is 10.2. The third-order valence-electron chi connectivity index (χ3n) is 2.11. The molecule has 10 heteroatoms. The van der Waals surface area contributed by atoms with Crippen LogP contribution in [-0.2, 0) is 0 Å². The van der Waals surface area contributed by atoms with Gasteiger partial charge in [-0.25, -0.2) is 4.39 Å². The highest BCUT2D eigenvalue weighted by atomic mass is 79.9. The molecule has 5 nitrogen and oxygen atoms in total. The number of hydrogen-bond acceptors (Lipinski definition) is 5. The molecule has 1 N–H and O–H groups in total. The summed E-state index contributed by atoms with van der Waals surface area (Å²) >= 11 is 2.87. The first-order valence-corrected chi connectivity index (χ1v) is 5.98. The molecule has 0 aromatic heterocycles. The van der Waals surface area contributed by atoms with E-state index in [2.05, 4.69) is 26.0 Å². The first-order valence-electron chi connectivity index (χ1n) is 5.18. The van der Waals surface area contributed by atoms with E-state index in [0.29, 0.717) is 6.07 Å². The lowest BCUT2D eigenvalue weighted by Crippen LogP contribution is -2.19. The quantitative estimate of drug-likeness (QED) is 0.642. The van der Waals surface area contributed by atoms with Gasteiger partial charge in [-0.05, 0) is 28.1 Å². The fraction of sp³-hybridized carbons (Fsp3) is 0.0833. The lowest BCUT2D eigenvalue weighted by Gasteiger charge is -2.16. The van der Waals surface area contributed by atoms with Crippen LogP contribution in [0.1, 0.15) is 0 Å². The van der Waals surface area contributed by atoms with Gasteiger partial charge in [-0.1, -0.05) is 0 Å². The van der Waals surface area contributed by atoms with Crippen LogP contribution in [0.4, 0.5) is 23.2 Å². The third-order valence-corrected chi connectivity index (χ3v) is 2.77. The van der Waals surface area contributed by atoms with Gasteiger partial charge in [0.15, 0.2) is 17.1 Å². The summed E-state index contributed by atoms with van der Waals surface area (Å²) in [5.41, 5.74) is -1.92. The smallest absolute Gasteiger partial charge is 0.400 e. The summed E-state index contributed by atoms with van der Waals surface area (Å²) in [5, 5.41) is 28.3. The van der Waals surface area contributed by atoms with Crippen LogP contribution in [0.2, 0.25) is 0 Å². The van der Waals surface area contributed by atoms with Crippen molar-refractivity contribution >= 4 is 21.6 Å². The molecule has 1 aromatic carbocycles. The van der Waals surface area contributed by atoms with Crippen LogP contribution < -0.4 is 10.1 Å². The second-order valence-corrected chi connectivity index (χ2v) is 4.35. The molecule has 0 spiro atoms. The number of rotatable bonds is 3. The number of nitriles is 3. The first kappa shape index (κ1) is 17.3. The van der Waals surface area contributed by atoms with Crippen molar-refractivity contribution in [2.75, 3.05) is 5.32 Å². The zero-order valence-corrected chi connectivity index (χ0v) is 11.9. The number of nitrogens with zero attached hydrogens (tertiary/aromatic N) is 3. The fourth-order valence-corrected chi connectivity index (χ4v) is 1.68. The maximum atomic E-state index is 13.6. The Morgan fingerprint density at radius 3 is 2.18 bits per heavy atom. The number of allylic oxidation sites excluding steroid dienone is 2. The fourth-order valence-electron chi connectivity index (χ4n) is 1.27. The van der Waals surface area contributed by atoms with Crippen molar-refractivity contribution in [1.82, 2.24) is 0 Å². The Bertz CT molecular complexity index is 737. The van der Waals surface area contributed by atoms with Gasteiger partial charge in [0.25, 0.3) is 0 Å². The number of ether oxygens (including phenoxy) is 1. The van der Waals surface area contributed by atoms with Gasteiger partial charge in [0.1, 0.15) is 23.9 Å². The van der Waals surface area contributed by atoms with Crippen LogP contribution in [0, 0.1) is 39.8 Å². The molecular weight excluding hydrogens is 372 g/mol. The van der Waals surface area contributed by atoms with E-state index in [0.717, 1.165) is 6.07 Å². The molecule has 0 aliphatic rings. The van der Waals surface area contributed by atoms with Crippen LogP contribution in [0.25, 0.3) is 0 Å². The highest BCUT2D eigenvalue weighted by Gasteiger charge is 2.34. The molecule has 0 bridgehead atoms. The summed E-state index contributed by atoms with van der Waals surface area (Å²) in [5.74, 6) is -2.58. The largest absolute Gasteiger partial charge is 0.573 e. The highest BCUT2D eigenvalue weighted by molar-refractivity contribution is 9.10. The summed E-state index contributed by atoms with van der Waals surface area (Å²) in [4.78, 5) is 0. The van der Waals surface area contributed by atoms with E-state index in [9.17, 15) is 17.6 Å². The number of alkyl halides is 3. The third kappa shape index (κ3) is 4.11. The normalized spacial score (nSPS) is 9.91. The van der Waals surface area contributed by atoms with Crippen LogP contribution >= 0.6 is 15.9 Å². The first-order chi connectivity index (χ1) is 10.2. The van der Waals surface area contributed by atoms with Crippen molar-refractivity contribution < 1.29 is 22.3 Å². The number of hydrogen-bond donors (Lipinski definition) is 1. The predicted octanol–water partition coefficient (Wildman–Crippen LogP) is 3.72. The summed E-state index contributed by atoms with van der Waals surface area (Å²) in [6, 6.07) is 5.98. The Morgan fingerprint density at radius 1 is 1.14 bits per heavy atom. The SMILES string of the molecule is N#CC(C#N)=C(C#N)Nc1c(Br)ccc(F)c1OC(F)(F)F. The van der Waals surface area contributed by atoms with E-state index in [4.69, 9.17) is 15.8 Å². The van der Waals surface area contributed by atoms with Gasteiger partial charge in [-0.3, -0.25) is 0 Å². The number of benzene rings is 1. The Kier molecular flexibility index (Phi) is 5.33. The molecule has 0 heterocycles. The zero-order valence-electron chi connectivity index (χ0n) is 10.3. The maximum absolute atomic E-state index is 13.6. The average molecular weight is 375 g/mol. The molecule has 0 radical (unpaired) electrons. The molecular formula is C12H3BrF4N4O. The molecule has 0 fully saturated rings. The predicted molar refractivity (Wildman–Crippen MR) is 68.3 cm³/mol. The van der Waals surface area contributed by atoms with Crippen LogP contribution in [0.5, 0.6) is 5.75 Å². The minimum atomic E-state index is -5.18. The molecule has 0 saturated carbocycles. The minimum Gasteiger partial charge on any atom is -0.400 e. The van der Waals surface area contributed by atoms with Crippen LogP contribution in [0.3, 0.4) is 0 Å². The Labute approximate surface area is 129 Å². The van der Waals surface area contributed by atoms with Crippen molar-refractivity contribution in [3.05, 3.63) is 33.7 Å². The average Bonchev–Trinajstić information content (AvgIpc) is 2.44. The van der Waals surface area contributed by atoms with Gasteiger partial charge in [-0.2, -0.15) is 15.8 Å². The van der Waals surface area contributed by atoms with Gasteiger partial charge < -0.3 is 10.1 Å². The van der Waals surface area contributed by atoms with E-state index in [1.54, 1.807) is 0 Å². The van der Waals surface area contributed by atoms with E-state index >= 15 is 0 Å². The van der Waals surface area contributed by atoms with Crippen LogP contribution in [-0.4, -0.2) is 6.36 Å². The summed E-state index contributed by atoms with van der Waals surface area (Å²) < 4.78 is 54.1. The van der Waals surface area contributed by atoms with Gasteiger partial charge in [0.05, 0.1) is 5.69 Å². The Hall–Kier alpha value is -2.77. The van der Waals surface area contributed by atoms with Crippen molar-refractivity contribution in [3.8, 4) is 24.0 Å². The molecule has 22 heavy (non-hydrogen) atoms. The topological polar surface area (TPSA) is 92.6 Å². The number of nitrogens with one attached hydrogen (secondary N) is 1. The van der Waals surface area contributed by atoms with E-state index in [-0.39, 0.29) is 4.47 Å². The molecule has 0 aliphatic carbocycles. The molecule has 112 valence electrons. The molecule has 1 aromatic rings. The zero-order chi connectivity index (χ0) is 16.9. The minimum absolute atomic E-state index is 0.0730. The number of anilines is 1. The molecule has 1 rings (SSSR count). The summed E-state index contributed by atoms with van der Waals surface area (Å²) in [6.07, 6.45) is -5.18. The highest BCUT2D eigenvalue weighted by Crippen LogP contribution is 2.39. The number of halogens is 5. The Balaban J connectivity index is 3.46. The van der Waals surface area contributed by atoms with Gasteiger partial charge >= 0.3 is 6.36 Å². The second-order valence-electron chi connectivity index (χ2n) is 3.49. The van der Waals surface area contributed by atoms with Crippen molar-refractivity contribution in [1.29, 1.82) is 15.8 Å². The van der Waals surface area contributed by atoms with Gasteiger partial charge in [-0.15, -0.1) is 13.2 Å². The summed E-state index contributed by atoms with van der Waals surface area (Å²) in [7, 11) is 0. The molecule has 0 amide bonds. The van der Waals surface area contributed by atoms with Crippen molar-refractivity contribution in [3.63, 3.8) is 0 Å². The van der Waals surface area contributed by atoms with Crippen molar-refractivity contribution in [2.24, 2.45) is 0 Å². The molecule has 0 saturated heterocycles. The molecule has 0 aliphatic heterocycles. The summed E-state index contributed by atoms with van der Waals surface area (Å²) in [6.45, 7) is 0. The van der Waals surface area contributed by atoms with E-state index < -0.39 is 34.9 Å². The standard InChI is InChI=1S/C12H3BrF4N4O/c13-7-1-2-8(14)11(22-12(15,16)17)10(7)21-9(5-20)6(3-18)4-19/h1-2,21H.